The molecule has 2 aliphatic carbocycles. The molecular weight excluding hydrogens is 180 g/mol. The Bertz CT molecular complexity index is 282. The van der Waals surface area contributed by atoms with E-state index in [9.17, 15) is 9.90 Å². The third-order valence-electron chi connectivity index (χ3n) is 3.38. The Labute approximate surface area is 83.8 Å². The van der Waals surface area contributed by atoms with Crippen LogP contribution in [0.2, 0.25) is 0 Å². The fourth-order valence-corrected chi connectivity index (χ4v) is 2.33. The number of aliphatic hydroxyl groups excluding tert-OH is 1. The largest absolute Gasteiger partial charge is 0.513 e. The van der Waals surface area contributed by atoms with Gasteiger partial charge in [0.1, 0.15) is 0 Å². The van der Waals surface area contributed by atoms with Crippen LogP contribution in [0.5, 0.6) is 0 Å². The van der Waals surface area contributed by atoms with Crippen molar-refractivity contribution in [3.63, 3.8) is 0 Å². The minimum atomic E-state index is -0.0534. The SMILES string of the molecule is CCOC(=O)C1CC12CC=C(O)CC2. The van der Waals surface area contributed by atoms with Gasteiger partial charge in [0.2, 0.25) is 0 Å². The van der Waals surface area contributed by atoms with Crippen LogP contribution in [0.3, 0.4) is 0 Å². The molecule has 1 saturated carbocycles. The zero-order chi connectivity index (χ0) is 10.2. The maximum atomic E-state index is 11.5. The van der Waals surface area contributed by atoms with Crippen molar-refractivity contribution in [2.24, 2.45) is 11.3 Å². The summed E-state index contributed by atoms with van der Waals surface area (Å²) in [6.45, 7) is 2.30. The molecule has 1 fully saturated rings. The maximum Gasteiger partial charge on any atom is 0.309 e. The molecule has 2 atom stereocenters. The molecule has 14 heavy (non-hydrogen) atoms. The predicted molar refractivity (Wildman–Crippen MR) is 51.7 cm³/mol. The number of rotatable bonds is 2. The van der Waals surface area contributed by atoms with Gasteiger partial charge >= 0.3 is 5.97 Å². The molecule has 78 valence electrons. The lowest BCUT2D eigenvalue weighted by Crippen LogP contribution is -2.16. The van der Waals surface area contributed by atoms with E-state index in [1.165, 1.54) is 0 Å². The lowest BCUT2D eigenvalue weighted by Gasteiger charge is -2.19. The molecule has 1 N–H and O–H groups in total. The Kier molecular flexibility index (Phi) is 2.25. The van der Waals surface area contributed by atoms with E-state index in [2.05, 4.69) is 0 Å². The summed E-state index contributed by atoms with van der Waals surface area (Å²) < 4.78 is 5.00. The minimum Gasteiger partial charge on any atom is -0.513 e. The third-order valence-corrected chi connectivity index (χ3v) is 3.38. The van der Waals surface area contributed by atoms with Crippen molar-refractivity contribution < 1.29 is 14.6 Å². The zero-order valence-electron chi connectivity index (χ0n) is 8.45. The van der Waals surface area contributed by atoms with Crippen LogP contribution in [0.1, 0.15) is 32.6 Å². The van der Waals surface area contributed by atoms with E-state index in [4.69, 9.17) is 4.74 Å². The van der Waals surface area contributed by atoms with Crippen molar-refractivity contribution in [2.75, 3.05) is 6.61 Å². The summed E-state index contributed by atoms with van der Waals surface area (Å²) in [5.41, 5.74) is 0.137. The van der Waals surface area contributed by atoms with Crippen molar-refractivity contribution in [1.82, 2.24) is 0 Å². The van der Waals surface area contributed by atoms with Crippen LogP contribution in [0.4, 0.5) is 0 Å². The van der Waals surface area contributed by atoms with Gasteiger partial charge < -0.3 is 9.84 Å². The first-order valence-corrected chi connectivity index (χ1v) is 5.22. The van der Waals surface area contributed by atoms with E-state index in [-0.39, 0.29) is 17.3 Å². The van der Waals surface area contributed by atoms with Gasteiger partial charge in [-0.2, -0.15) is 0 Å². The Morgan fingerprint density at radius 1 is 1.79 bits per heavy atom. The Hall–Kier alpha value is -0.990. The molecule has 2 rings (SSSR count). The highest BCUT2D eigenvalue weighted by atomic mass is 16.5. The van der Waals surface area contributed by atoms with E-state index < -0.39 is 0 Å². The number of ether oxygens (including phenoxy) is 1. The first-order chi connectivity index (χ1) is 6.68. The number of hydrogen-bond acceptors (Lipinski definition) is 3. The Balaban J connectivity index is 1.94. The van der Waals surface area contributed by atoms with Gasteiger partial charge in [-0.1, -0.05) is 0 Å². The lowest BCUT2D eigenvalue weighted by atomic mass is 9.88. The van der Waals surface area contributed by atoms with Gasteiger partial charge in [-0.3, -0.25) is 4.79 Å². The van der Waals surface area contributed by atoms with Crippen molar-refractivity contribution in [3.05, 3.63) is 11.8 Å². The molecule has 0 radical (unpaired) electrons. The van der Waals surface area contributed by atoms with Crippen molar-refractivity contribution in [2.45, 2.75) is 32.6 Å². The molecule has 0 saturated heterocycles. The highest BCUT2D eigenvalue weighted by Crippen LogP contribution is 2.61. The van der Waals surface area contributed by atoms with Crippen LogP contribution in [0, 0.1) is 11.3 Å². The summed E-state index contributed by atoms with van der Waals surface area (Å²) in [4.78, 5) is 11.5. The first kappa shape index (κ1) is 9.56. The molecule has 1 spiro atoms. The molecular formula is C11H16O3. The predicted octanol–water partition coefficient (Wildman–Crippen LogP) is 2.18. The van der Waals surface area contributed by atoms with E-state index >= 15 is 0 Å². The van der Waals surface area contributed by atoms with Gasteiger partial charge in [-0.15, -0.1) is 0 Å². The van der Waals surface area contributed by atoms with E-state index in [1.807, 2.05) is 13.0 Å². The summed E-state index contributed by atoms with van der Waals surface area (Å²) in [7, 11) is 0. The van der Waals surface area contributed by atoms with Gasteiger partial charge in [0.25, 0.3) is 0 Å². The second-order valence-corrected chi connectivity index (χ2v) is 4.27. The van der Waals surface area contributed by atoms with Gasteiger partial charge in [-0.25, -0.2) is 0 Å². The number of esters is 1. The molecule has 0 aromatic rings. The van der Waals surface area contributed by atoms with Crippen LogP contribution in [-0.4, -0.2) is 17.7 Å². The summed E-state index contributed by atoms with van der Waals surface area (Å²) >= 11 is 0. The number of hydrogen-bond donors (Lipinski definition) is 1. The van der Waals surface area contributed by atoms with Gasteiger partial charge in [0.15, 0.2) is 0 Å². The molecule has 2 unspecified atom stereocenters. The molecule has 0 aliphatic heterocycles. The van der Waals surface area contributed by atoms with Crippen molar-refractivity contribution >= 4 is 5.97 Å². The molecule has 0 amide bonds. The molecule has 3 heteroatoms. The average Bonchev–Trinajstić information content (AvgIpc) is 2.87. The van der Waals surface area contributed by atoms with Crippen LogP contribution < -0.4 is 0 Å². The maximum absolute atomic E-state index is 11.5. The molecule has 2 aliphatic rings. The fourth-order valence-electron chi connectivity index (χ4n) is 2.33. The topological polar surface area (TPSA) is 46.5 Å². The molecule has 0 aromatic carbocycles. The van der Waals surface area contributed by atoms with Crippen LogP contribution in [-0.2, 0) is 9.53 Å². The van der Waals surface area contributed by atoms with Crippen LogP contribution >= 0.6 is 0 Å². The highest BCUT2D eigenvalue weighted by molar-refractivity contribution is 5.77. The zero-order valence-corrected chi connectivity index (χ0v) is 8.45. The summed E-state index contributed by atoms with van der Waals surface area (Å²) in [6.07, 6.45) is 5.27. The van der Waals surface area contributed by atoms with Gasteiger partial charge in [-0.05, 0) is 37.7 Å². The third kappa shape index (κ3) is 1.51. The highest BCUT2D eigenvalue weighted by Gasteiger charge is 2.58. The van der Waals surface area contributed by atoms with Crippen molar-refractivity contribution in [3.8, 4) is 0 Å². The summed E-state index contributed by atoms with van der Waals surface area (Å²) in [5, 5.41) is 9.24. The minimum absolute atomic E-state index is 0.0534. The molecule has 0 bridgehead atoms. The second kappa shape index (κ2) is 3.30. The smallest absolute Gasteiger partial charge is 0.309 e. The normalized spacial score (nSPS) is 35.2. The van der Waals surface area contributed by atoms with Crippen LogP contribution in [0.15, 0.2) is 11.8 Å². The molecule has 0 aromatic heterocycles. The molecule has 3 nitrogen and oxygen atoms in total. The van der Waals surface area contributed by atoms with E-state index in [0.717, 1.165) is 25.7 Å². The summed E-state index contributed by atoms with van der Waals surface area (Å²) in [5.74, 6) is 0.513. The summed E-state index contributed by atoms with van der Waals surface area (Å²) in [6, 6.07) is 0. The van der Waals surface area contributed by atoms with E-state index in [0.29, 0.717) is 12.4 Å². The number of allylic oxidation sites excluding steroid dienone is 2. The number of aliphatic hydroxyl groups is 1. The van der Waals surface area contributed by atoms with Gasteiger partial charge in [0.05, 0.1) is 18.3 Å². The second-order valence-electron chi connectivity index (χ2n) is 4.27. The standard InChI is InChI=1S/C11H16O3/c1-2-14-10(13)9-7-11(9)5-3-8(12)4-6-11/h3,9,12H,2,4-7H2,1H3. The Morgan fingerprint density at radius 2 is 2.57 bits per heavy atom. The monoisotopic (exact) mass is 196 g/mol. The first-order valence-electron chi connectivity index (χ1n) is 5.22. The van der Waals surface area contributed by atoms with Crippen LogP contribution in [0.25, 0.3) is 0 Å². The fraction of sp³-hybridized carbons (Fsp3) is 0.727. The van der Waals surface area contributed by atoms with E-state index in [1.54, 1.807) is 0 Å². The van der Waals surface area contributed by atoms with Crippen molar-refractivity contribution in [1.29, 1.82) is 0 Å². The molecule has 0 heterocycles. The lowest BCUT2D eigenvalue weighted by molar-refractivity contribution is -0.145. The van der Waals surface area contributed by atoms with Gasteiger partial charge in [0, 0.05) is 6.42 Å². The number of carbonyl (C=O) groups excluding carboxylic acids is 1. The Morgan fingerprint density at radius 3 is 3.14 bits per heavy atom. The quantitative estimate of drug-likeness (QED) is 0.688. The number of carbonyl (C=O) groups is 1. The average molecular weight is 196 g/mol.